The van der Waals surface area contributed by atoms with Gasteiger partial charge in [0, 0.05) is 23.7 Å². The smallest absolute Gasteiger partial charge is 0.337 e. The van der Waals surface area contributed by atoms with Gasteiger partial charge in [-0.3, -0.25) is 4.98 Å². The zero-order valence-corrected chi connectivity index (χ0v) is 14.9. The second kappa shape index (κ2) is 7.94. The maximum Gasteiger partial charge on any atom is 0.337 e. The molecular weight excluding hydrogens is 336 g/mol. The molecule has 0 saturated carbocycles. The summed E-state index contributed by atoms with van der Waals surface area (Å²) < 4.78 is 6.57. The van der Waals surface area contributed by atoms with E-state index in [1.807, 2.05) is 28.4 Å². The van der Waals surface area contributed by atoms with Crippen LogP contribution >= 0.6 is 11.9 Å². The van der Waals surface area contributed by atoms with E-state index in [0.717, 1.165) is 34.7 Å². The summed E-state index contributed by atoms with van der Waals surface area (Å²) in [6.45, 7) is 2.09. The number of esters is 1. The number of pyridine rings is 1. The van der Waals surface area contributed by atoms with Crippen LogP contribution < -0.4 is 0 Å². The van der Waals surface area contributed by atoms with Gasteiger partial charge in [-0.25, -0.2) is 4.79 Å². The zero-order valence-electron chi connectivity index (χ0n) is 14.0. The lowest BCUT2D eigenvalue weighted by Gasteiger charge is -2.06. The maximum absolute atomic E-state index is 11.5. The molecule has 2 aromatic heterocycles. The molecule has 0 aliphatic carbocycles. The molecule has 0 amide bonds. The predicted octanol–water partition coefficient (Wildman–Crippen LogP) is 3.39. The Morgan fingerprint density at radius 3 is 2.52 bits per heavy atom. The average molecular weight is 354 g/mol. The average Bonchev–Trinajstić information content (AvgIpc) is 3.09. The van der Waals surface area contributed by atoms with Crippen molar-refractivity contribution in [2.24, 2.45) is 0 Å². The van der Waals surface area contributed by atoms with Gasteiger partial charge in [-0.2, -0.15) is 4.09 Å². The normalized spacial score (nSPS) is 10.6. The van der Waals surface area contributed by atoms with Gasteiger partial charge >= 0.3 is 5.97 Å². The maximum atomic E-state index is 11.5. The molecule has 0 aliphatic rings. The van der Waals surface area contributed by atoms with Crippen LogP contribution in [0.25, 0.3) is 11.3 Å². The van der Waals surface area contributed by atoms with E-state index in [4.69, 9.17) is 4.74 Å². The van der Waals surface area contributed by atoms with E-state index in [2.05, 4.69) is 22.2 Å². The molecule has 0 aliphatic heterocycles. The minimum absolute atomic E-state index is 0.328. The first-order chi connectivity index (χ1) is 12.2. The molecule has 128 valence electrons. The molecular formula is C18H18N4O2S. The van der Waals surface area contributed by atoms with Crippen molar-refractivity contribution in [2.45, 2.75) is 19.1 Å². The van der Waals surface area contributed by atoms with Crippen LogP contribution in [0.4, 0.5) is 0 Å². The fourth-order valence-corrected chi connectivity index (χ4v) is 3.34. The molecule has 0 unspecified atom stereocenters. The molecule has 3 aromatic rings. The van der Waals surface area contributed by atoms with Gasteiger partial charge in [-0.15, -0.1) is 5.10 Å². The summed E-state index contributed by atoms with van der Waals surface area (Å²) in [6, 6.07) is 11.3. The summed E-state index contributed by atoms with van der Waals surface area (Å²) in [5.41, 5.74) is 4.62. The van der Waals surface area contributed by atoms with Gasteiger partial charge in [0.05, 0.1) is 18.4 Å². The number of aromatic nitrogens is 4. The Kier molecular flexibility index (Phi) is 5.45. The minimum atomic E-state index is -0.328. The Morgan fingerprint density at radius 1 is 1.16 bits per heavy atom. The first kappa shape index (κ1) is 17.2. The Bertz CT molecular complexity index is 847. The van der Waals surface area contributed by atoms with Crippen molar-refractivity contribution in [3.8, 4) is 11.3 Å². The third kappa shape index (κ3) is 3.88. The van der Waals surface area contributed by atoms with Crippen LogP contribution in [0.1, 0.15) is 28.5 Å². The minimum Gasteiger partial charge on any atom is -0.465 e. The molecule has 6 nitrogen and oxygen atoms in total. The fraction of sp³-hybridized carbons (Fsp3) is 0.222. The van der Waals surface area contributed by atoms with Gasteiger partial charge in [0.25, 0.3) is 0 Å². The van der Waals surface area contributed by atoms with E-state index in [-0.39, 0.29) is 5.97 Å². The van der Waals surface area contributed by atoms with Crippen molar-refractivity contribution < 1.29 is 9.53 Å². The highest BCUT2D eigenvalue weighted by Gasteiger charge is 2.14. The predicted molar refractivity (Wildman–Crippen MR) is 97.1 cm³/mol. The molecule has 3 rings (SSSR count). The molecule has 0 bridgehead atoms. The molecule has 0 saturated heterocycles. The van der Waals surface area contributed by atoms with Gasteiger partial charge < -0.3 is 4.74 Å². The highest BCUT2D eigenvalue weighted by molar-refractivity contribution is 7.96. The van der Waals surface area contributed by atoms with Crippen LogP contribution in [0.15, 0.2) is 48.8 Å². The van der Waals surface area contributed by atoms with E-state index in [1.165, 1.54) is 7.11 Å². The summed E-state index contributed by atoms with van der Waals surface area (Å²) >= 11 is 1.57. The van der Waals surface area contributed by atoms with E-state index in [1.54, 1.807) is 36.5 Å². The fourth-order valence-electron chi connectivity index (χ4n) is 2.42. The van der Waals surface area contributed by atoms with Crippen LogP contribution in [0.5, 0.6) is 0 Å². The number of nitrogens with zero attached hydrogens (tertiary/aromatic N) is 4. The van der Waals surface area contributed by atoms with E-state index in [9.17, 15) is 4.79 Å². The first-order valence-electron chi connectivity index (χ1n) is 7.88. The number of carbonyl (C=O) groups excluding carboxylic acids is 1. The topological polar surface area (TPSA) is 69.9 Å². The monoisotopic (exact) mass is 354 g/mol. The van der Waals surface area contributed by atoms with Crippen LogP contribution in [0.2, 0.25) is 0 Å². The lowest BCUT2D eigenvalue weighted by atomic mass is 10.1. The lowest BCUT2D eigenvalue weighted by Crippen LogP contribution is -2.01. The van der Waals surface area contributed by atoms with Crippen LogP contribution in [0, 0.1) is 0 Å². The molecule has 7 heteroatoms. The van der Waals surface area contributed by atoms with Crippen molar-refractivity contribution in [3.63, 3.8) is 0 Å². The van der Waals surface area contributed by atoms with Crippen molar-refractivity contribution in [1.29, 1.82) is 0 Å². The quantitative estimate of drug-likeness (QED) is 0.632. The molecule has 25 heavy (non-hydrogen) atoms. The summed E-state index contributed by atoms with van der Waals surface area (Å²) in [5.74, 6) is 0.402. The third-order valence-corrected chi connectivity index (χ3v) is 4.75. The number of ether oxygens (including phenoxy) is 1. The summed E-state index contributed by atoms with van der Waals surface area (Å²) in [5, 5.41) is 8.59. The second-order valence-corrected chi connectivity index (χ2v) is 6.20. The van der Waals surface area contributed by atoms with Gasteiger partial charge in [0.2, 0.25) is 0 Å². The van der Waals surface area contributed by atoms with Crippen molar-refractivity contribution in [3.05, 3.63) is 65.6 Å². The standard InChI is InChI=1S/C18H18N4O2S/c1-3-16-17(14-8-10-19-11-9-14)20-21-22(16)25-12-13-4-6-15(7-5-13)18(23)24-2/h4-11H,3,12H2,1-2H3. The SMILES string of the molecule is CCc1c(-c2ccncc2)nnn1SCc1ccc(C(=O)OC)cc1. The Balaban J connectivity index is 1.73. The number of benzene rings is 1. The van der Waals surface area contributed by atoms with Crippen LogP contribution in [-0.4, -0.2) is 32.5 Å². The summed E-state index contributed by atoms with van der Waals surface area (Å²) in [4.78, 5) is 15.5. The van der Waals surface area contributed by atoms with E-state index < -0.39 is 0 Å². The zero-order chi connectivity index (χ0) is 17.6. The van der Waals surface area contributed by atoms with E-state index in [0.29, 0.717) is 5.56 Å². The number of carbonyl (C=O) groups is 1. The third-order valence-electron chi connectivity index (χ3n) is 3.75. The summed E-state index contributed by atoms with van der Waals surface area (Å²) in [7, 11) is 1.38. The Hall–Kier alpha value is -2.67. The largest absolute Gasteiger partial charge is 0.465 e. The molecule has 0 N–H and O–H groups in total. The Labute approximate surface area is 150 Å². The van der Waals surface area contributed by atoms with E-state index >= 15 is 0 Å². The number of hydrogen-bond acceptors (Lipinski definition) is 6. The van der Waals surface area contributed by atoms with Gasteiger partial charge in [-0.05, 0) is 48.2 Å². The Morgan fingerprint density at radius 2 is 1.88 bits per heavy atom. The number of rotatable bonds is 6. The van der Waals surface area contributed by atoms with Gasteiger partial charge in [0.15, 0.2) is 0 Å². The molecule has 2 heterocycles. The van der Waals surface area contributed by atoms with Crippen molar-refractivity contribution >= 4 is 17.9 Å². The molecule has 0 atom stereocenters. The molecule has 1 aromatic carbocycles. The second-order valence-electron chi connectivity index (χ2n) is 5.31. The highest BCUT2D eigenvalue weighted by atomic mass is 32.2. The van der Waals surface area contributed by atoms with Crippen LogP contribution in [0.3, 0.4) is 0 Å². The van der Waals surface area contributed by atoms with Crippen molar-refractivity contribution in [1.82, 2.24) is 19.4 Å². The van der Waals surface area contributed by atoms with Crippen molar-refractivity contribution in [2.75, 3.05) is 7.11 Å². The number of hydrogen-bond donors (Lipinski definition) is 0. The first-order valence-corrected chi connectivity index (χ1v) is 8.82. The number of methoxy groups -OCH3 is 1. The van der Waals surface area contributed by atoms with Gasteiger partial charge in [-0.1, -0.05) is 24.3 Å². The highest BCUT2D eigenvalue weighted by Crippen LogP contribution is 2.25. The molecule has 0 radical (unpaired) electrons. The summed E-state index contributed by atoms with van der Waals surface area (Å²) in [6.07, 6.45) is 4.34. The van der Waals surface area contributed by atoms with Gasteiger partial charge in [0.1, 0.15) is 5.69 Å². The van der Waals surface area contributed by atoms with Crippen LogP contribution in [-0.2, 0) is 16.9 Å². The lowest BCUT2D eigenvalue weighted by molar-refractivity contribution is 0.0600. The molecule has 0 spiro atoms. The molecule has 0 fully saturated rings.